The second-order valence-electron chi connectivity index (χ2n) is 4.75. The largest absolute Gasteiger partial charge is 0.480 e. The van der Waals surface area contributed by atoms with Gasteiger partial charge >= 0.3 is 12.0 Å². The molecule has 0 aromatic heterocycles. The van der Waals surface area contributed by atoms with Crippen molar-refractivity contribution in [2.24, 2.45) is 5.92 Å². The van der Waals surface area contributed by atoms with E-state index in [9.17, 15) is 9.59 Å². The number of hydrogen-bond acceptors (Lipinski definition) is 3. The molecule has 0 aromatic rings. The van der Waals surface area contributed by atoms with E-state index in [1.807, 2.05) is 27.7 Å². The van der Waals surface area contributed by atoms with E-state index in [1.165, 1.54) is 0 Å². The first-order valence-corrected chi connectivity index (χ1v) is 6.78. The predicted molar refractivity (Wildman–Crippen MR) is 73.2 cm³/mol. The molecule has 2 N–H and O–H groups in total. The number of likely N-dealkylation sites (N-methyl/N-ethyl adjacent to an activating group) is 1. The summed E-state index contributed by atoms with van der Waals surface area (Å²) in [6.07, 6.45) is 0.421. The van der Waals surface area contributed by atoms with E-state index in [0.717, 1.165) is 0 Å². The molecule has 0 unspecified atom stereocenters. The number of nitrogens with one attached hydrogen (secondary N) is 1. The Hall–Kier alpha value is -1.30. The summed E-state index contributed by atoms with van der Waals surface area (Å²) in [6.45, 7) is 9.63. The average Bonchev–Trinajstić information content (AvgIpc) is 2.33. The molecule has 2 amide bonds. The lowest BCUT2D eigenvalue weighted by molar-refractivity contribution is -0.139. The maximum Gasteiger partial charge on any atom is 0.326 e. The van der Waals surface area contributed by atoms with Crippen molar-refractivity contribution in [2.45, 2.75) is 40.2 Å². The summed E-state index contributed by atoms with van der Waals surface area (Å²) >= 11 is 0. The van der Waals surface area contributed by atoms with Gasteiger partial charge in [-0.25, -0.2) is 9.59 Å². The highest BCUT2D eigenvalue weighted by Gasteiger charge is 2.23. The molecule has 0 fully saturated rings. The van der Waals surface area contributed by atoms with Gasteiger partial charge in [-0.05, 0) is 26.2 Å². The Morgan fingerprint density at radius 2 is 1.95 bits per heavy atom. The van der Waals surface area contributed by atoms with Crippen LogP contribution >= 0.6 is 0 Å². The lowest BCUT2D eigenvalue weighted by Gasteiger charge is -2.24. The molecule has 0 radical (unpaired) electrons. The summed E-state index contributed by atoms with van der Waals surface area (Å²) in [7, 11) is 0. The highest BCUT2D eigenvalue weighted by atomic mass is 16.5. The van der Waals surface area contributed by atoms with Crippen molar-refractivity contribution in [3.05, 3.63) is 0 Å². The zero-order valence-electron chi connectivity index (χ0n) is 12.3. The Morgan fingerprint density at radius 1 is 1.32 bits per heavy atom. The molecule has 6 nitrogen and oxygen atoms in total. The van der Waals surface area contributed by atoms with Crippen molar-refractivity contribution in [1.29, 1.82) is 0 Å². The van der Waals surface area contributed by atoms with Crippen LogP contribution in [0.25, 0.3) is 0 Å². The van der Waals surface area contributed by atoms with Gasteiger partial charge in [0.2, 0.25) is 0 Å². The van der Waals surface area contributed by atoms with E-state index in [-0.39, 0.29) is 11.9 Å². The van der Waals surface area contributed by atoms with Gasteiger partial charge in [-0.3, -0.25) is 0 Å². The van der Waals surface area contributed by atoms with Crippen LogP contribution in [0.2, 0.25) is 0 Å². The van der Waals surface area contributed by atoms with Crippen LogP contribution in [0.4, 0.5) is 4.79 Å². The average molecular weight is 274 g/mol. The summed E-state index contributed by atoms with van der Waals surface area (Å²) in [5.74, 6) is -0.789. The molecule has 1 atom stereocenters. The van der Waals surface area contributed by atoms with Crippen molar-refractivity contribution in [1.82, 2.24) is 10.2 Å². The number of hydrogen-bond donors (Lipinski definition) is 2. The highest BCUT2D eigenvalue weighted by molar-refractivity contribution is 5.82. The predicted octanol–water partition coefficient (Wildman–Crippen LogP) is 1.55. The number of carboxylic acid groups (broad SMARTS) is 1. The lowest BCUT2D eigenvalue weighted by Crippen LogP contribution is -2.49. The van der Waals surface area contributed by atoms with Crippen molar-refractivity contribution in [3.8, 4) is 0 Å². The van der Waals surface area contributed by atoms with E-state index in [4.69, 9.17) is 9.84 Å². The van der Waals surface area contributed by atoms with Gasteiger partial charge in [-0.1, -0.05) is 13.8 Å². The number of urea groups is 1. The normalized spacial score (nSPS) is 12.3. The Labute approximate surface area is 115 Å². The number of ether oxygens (including phenoxy) is 1. The van der Waals surface area contributed by atoms with Crippen LogP contribution in [0, 0.1) is 5.92 Å². The molecule has 0 saturated heterocycles. The van der Waals surface area contributed by atoms with Gasteiger partial charge in [-0.15, -0.1) is 0 Å². The fourth-order valence-corrected chi connectivity index (χ4v) is 1.66. The van der Waals surface area contributed by atoms with Gasteiger partial charge in [0.05, 0.1) is 6.61 Å². The Bertz CT molecular complexity index is 282. The van der Waals surface area contributed by atoms with Crippen LogP contribution in [0.3, 0.4) is 0 Å². The quantitative estimate of drug-likeness (QED) is 0.625. The first kappa shape index (κ1) is 17.7. The third-order valence-corrected chi connectivity index (χ3v) is 2.68. The van der Waals surface area contributed by atoms with Gasteiger partial charge in [0, 0.05) is 19.7 Å². The van der Waals surface area contributed by atoms with Gasteiger partial charge in [-0.2, -0.15) is 0 Å². The van der Waals surface area contributed by atoms with Crippen LogP contribution in [0.15, 0.2) is 0 Å². The fourth-order valence-electron chi connectivity index (χ4n) is 1.66. The summed E-state index contributed by atoms with van der Waals surface area (Å²) in [4.78, 5) is 24.6. The SMILES string of the molecule is CCOCCN(CC)C(=O)N[C@@H](CC(C)C)C(=O)O. The maximum absolute atomic E-state index is 12.0. The molecule has 0 aliphatic heterocycles. The van der Waals surface area contributed by atoms with Crippen LogP contribution in [0.1, 0.15) is 34.1 Å². The Morgan fingerprint density at radius 3 is 2.37 bits per heavy atom. The zero-order valence-corrected chi connectivity index (χ0v) is 12.3. The second kappa shape index (κ2) is 9.61. The number of amides is 2. The summed E-state index contributed by atoms with van der Waals surface area (Å²) < 4.78 is 5.19. The molecule has 6 heteroatoms. The molecule has 0 aliphatic rings. The second-order valence-corrected chi connectivity index (χ2v) is 4.75. The van der Waals surface area contributed by atoms with Crippen molar-refractivity contribution in [3.63, 3.8) is 0 Å². The van der Waals surface area contributed by atoms with E-state index in [0.29, 0.717) is 32.7 Å². The molecule has 0 bridgehead atoms. The van der Waals surface area contributed by atoms with Crippen LogP contribution in [0.5, 0.6) is 0 Å². The van der Waals surface area contributed by atoms with Crippen LogP contribution < -0.4 is 5.32 Å². The third-order valence-electron chi connectivity index (χ3n) is 2.68. The molecule has 0 spiro atoms. The van der Waals surface area contributed by atoms with E-state index in [2.05, 4.69) is 5.32 Å². The number of rotatable bonds is 9. The number of carbonyl (C=O) groups excluding carboxylic acids is 1. The Balaban J connectivity index is 4.37. The minimum atomic E-state index is -0.997. The van der Waals surface area contributed by atoms with Gasteiger partial charge in [0.1, 0.15) is 6.04 Å². The molecule has 0 saturated carbocycles. The lowest BCUT2D eigenvalue weighted by atomic mass is 10.0. The summed E-state index contributed by atoms with van der Waals surface area (Å²) in [5, 5.41) is 11.6. The number of carboxylic acids is 1. The van der Waals surface area contributed by atoms with E-state index >= 15 is 0 Å². The summed E-state index contributed by atoms with van der Waals surface area (Å²) in [6, 6.07) is -1.19. The van der Waals surface area contributed by atoms with Crippen LogP contribution in [-0.2, 0) is 9.53 Å². The minimum absolute atomic E-state index is 0.208. The van der Waals surface area contributed by atoms with E-state index in [1.54, 1.807) is 4.90 Å². The van der Waals surface area contributed by atoms with Crippen molar-refractivity contribution >= 4 is 12.0 Å². The zero-order chi connectivity index (χ0) is 14.8. The van der Waals surface area contributed by atoms with Gasteiger partial charge < -0.3 is 20.1 Å². The molecule has 0 aliphatic carbocycles. The fraction of sp³-hybridized carbons (Fsp3) is 0.846. The van der Waals surface area contributed by atoms with Gasteiger partial charge in [0.15, 0.2) is 0 Å². The molecular formula is C13H26N2O4. The summed E-state index contributed by atoms with van der Waals surface area (Å²) in [5.41, 5.74) is 0. The topological polar surface area (TPSA) is 78.9 Å². The molecular weight excluding hydrogens is 248 g/mol. The maximum atomic E-state index is 12.0. The van der Waals surface area contributed by atoms with Crippen LogP contribution in [-0.4, -0.2) is 54.4 Å². The molecule has 0 aromatic carbocycles. The monoisotopic (exact) mass is 274 g/mol. The molecule has 0 heterocycles. The molecule has 19 heavy (non-hydrogen) atoms. The first-order valence-electron chi connectivity index (χ1n) is 6.78. The number of nitrogens with zero attached hydrogens (tertiary/aromatic N) is 1. The van der Waals surface area contributed by atoms with Crippen molar-refractivity contribution in [2.75, 3.05) is 26.3 Å². The number of carbonyl (C=O) groups is 2. The van der Waals surface area contributed by atoms with E-state index < -0.39 is 12.0 Å². The smallest absolute Gasteiger partial charge is 0.326 e. The Kier molecular flexibility index (Phi) is 8.95. The highest BCUT2D eigenvalue weighted by Crippen LogP contribution is 2.05. The third kappa shape index (κ3) is 7.66. The minimum Gasteiger partial charge on any atom is -0.480 e. The first-order chi connectivity index (χ1) is 8.92. The molecule has 112 valence electrons. The number of aliphatic carboxylic acids is 1. The standard InChI is InChI=1S/C13H26N2O4/c1-5-15(7-8-19-6-2)13(18)14-11(12(16)17)9-10(3)4/h10-11H,5-9H2,1-4H3,(H,14,18)(H,16,17)/t11-/m0/s1. The molecule has 0 rings (SSSR count). The van der Waals surface area contributed by atoms with Crippen molar-refractivity contribution < 1.29 is 19.4 Å². The van der Waals surface area contributed by atoms with Gasteiger partial charge in [0.25, 0.3) is 0 Å².